The number of nitrogens with one attached hydrogen (secondary N) is 2. The fourth-order valence-electron chi connectivity index (χ4n) is 2.11. The van der Waals surface area contributed by atoms with Crippen molar-refractivity contribution in [2.24, 2.45) is 4.99 Å². The molecule has 2 N–H and O–H groups in total. The van der Waals surface area contributed by atoms with Crippen LogP contribution < -0.4 is 10.6 Å². The number of hydrogen-bond donors (Lipinski definition) is 2. The van der Waals surface area contributed by atoms with Crippen molar-refractivity contribution < 1.29 is 0 Å². The molecular weight excluding hydrogens is 274 g/mol. The summed E-state index contributed by atoms with van der Waals surface area (Å²) < 4.78 is 1.92. The first kappa shape index (κ1) is 15.8. The SMILES string of the molecule is C=CCNC(=NCc1ccccc1Cn1cccn1)NCC. The van der Waals surface area contributed by atoms with Crippen molar-refractivity contribution in [2.45, 2.75) is 20.0 Å². The summed E-state index contributed by atoms with van der Waals surface area (Å²) in [5.41, 5.74) is 2.43. The maximum atomic E-state index is 4.63. The molecule has 0 aliphatic carbocycles. The van der Waals surface area contributed by atoms with Crippen molar-refractivity contribution in [3.63, 3.8) is 0 Å². The molecule has 0 saturated heterocycles. The summed E-state index contributed by atoms with van der Waals surface area (Å²) in [5.74, 6) is 0.802. The van der Waals surface area contributed by atoms with Crippen molar-refractivity contribution in [1.82, 2.24) is 20.4 Å². The van der Waals surface area contributed by atoms with E-state index in [1.165, 1.54) is 11.1 Å². The van der Waals surface area contributed by atoms with E-state index >= 15 is 0 Å². The number of hydrogen-bond acceptors (Lipinski definition) is 2. The minimum atomic E-state index is 0.629. The Bertz CT molecular complexity index is 601. The van der Waals surface area contributed by atoms with E-state index in [1.54, 1.807) is 6.20 Å². The molecule has 0 radical (unpaired) electrons. The van der Waals surface area contributed by atoms with E-state index < -0.39 is 0 Å². The van der Waals surface area contributed by atoms with E-state index in [-0.39, 0.29) is 0 Å². The zero-order chi connectivity index (χ0) is 15.6. The molecule has 0 bridgehead atoms. The summed E-state index contributed by atoms with van der Waals surface area (Å²) in [6.45, 7) is 8.68. The fourth-order valence-corrected chi connectivity index (χ4v) is 2.11. The lowest BCUT2D eigenvalue weighted by atomic mass is 10.1. The second-order valence-electron chi connectivity index (χ2n) is 4.84. The van der Waals surface area contributed by atoms with Crippen molar-refractivity contribution in [1.29, 1.82) is 0 Å². The first-order valence-electron chi connectivity index (χ1n) is 7.50. The van der Waals surface area contributed by atoms with Gasteiger partial charge in [-0.15, -0.1) is 6.58 Å². The lowest BCUT2D eigenvalue weighted by Gasteiger charge is -2.11. The van der Waals surface area contributed by atoms with Crippen LogP contribution in [0.5, 0.6) is 0 Å². The third kappa shape index (κ3) is 4.77. The van der Waals surface area contributed by atoms with E-state index in [4.69, 9.17) is 0 Å². The molecule has 22 heavy (non-hydrogen) atoms. The minimum Gasteiger partial charge on any atom is -0.357 e. The van der Waals surface area contributed by atoms with Crippen LogP contribution in [0.2, 0.25) is 0 Å². The molecule has 2 rings (SSSR count). The average Bonchev–Trinajstić information content (AvgIpc) is 3.04. The van der Waals surface area contributed by atoms with Gasteiger partial charge in [0.1, 0.15) is 0 Å². The van der Waals surface area contributed by atoms with Gasteiger partial charge < -0.3 is 10.6 Å². The van der Waals surface area contributed by atoms with Gasteiger partial charge in [0.15, 0.2) is 5.96 Å². The molecule has 0 saturated carbocycles. The molecule has 0 unspecified atom stereocenters. The zero-order valence-corrected chi connectivity index (χ0v) is 13.0. The summed E-state index contributed by atoms with van der Waals surface area (Å²) in [5, 5.41) is 10.7. The Balaban J connectivity index is 2.09. The van der Waals surface area contributed by atoms with E-state index in [2.05, 4.69) is 46.4 Å². The highest BCUT2D eigenvalue weighted by Crippen LogP contribution is 2.11. The van der Waals surface area contributed by atoms with Gasteiger partial charge in [-0.3, -0.25) is 4.68 Å². The lowest BCUT2D eigenvalue weighted by molar-refractivity contribution is 0.681. The molecule has 1 heterocycles. The van der Waals surface area contributed by atoms with Gasteiger partial charge in [-0.1, -0.05) is 30.3 Å². The van der Waals surface area contributed by atoms with Gasteiger partial charge in [-0.05, 0) is 24.1 Å². The summed E-state index contributed by atoms with van der Waals surface area (Å²) in [6, 6.07) is 10.3. The number of guanidine groups is 1. The standard InChI is InChI=1S/C17H23N5/c1-3-10-19-17(18-4-2)20-13-15-8-5-6-9-16(15)14-22-12-7-11-21-22/h3,5-9,11-12H,1,4,10,13-14H2,2H3,(H2,18,19,20). The smallest absolute Gasteiger partial charge is 0.191 e. The minimum absolute atomic E-state index is 0.629. The third-order valence-electron chi connectivity index (χ3n) is 3.18. The fraction of sp³-hybridized carbons (Fsp3) is 0.294. The van der Waals surface area contributed by atoms with Crippen LogP contribution >= 0.6 is 0 Å². The van der Waals surface area contributed by atoms with Crippen LogP contribution in [0.3, 0.4) is 0 Å². The highest BCUT2D eigenvalue weighted by molar-refractivity contribution is 5.79. The van der Waals surface area contributed by atoms with E-state index in [0.29, 0.717) is 13.1 Å². The Morgan fingerprint density at radius 3 is 2.77 bits per heavy atom. The molecular formula is C17H23N5. The van der Waals surface area contributed by atoms with Crippen molar-refractivity contribution in [3.8, 4) is 0 Å². The third-order valence-corrected chi connectivity index (χ3v) is 3.18. The van der Waals surface area contributed by atoms with Crippen LogP contribution in [0.25, 0.3) is 0 Å². The Hall–Kier alpha value is -2.56. The van der Waals surface area contributed by atoms with Crippen molar-refractivity contribution in [2.75, 3.05) is 13.1 Å². The van der Waals surface area contributed by atoms with Crippen LogP contribution in [0.15, 0.2) is 60.4 Å². The van der Waals surface area contributed by atoms with Gasteiger partial charge in [-0.25, -0.2) is 4.99 Å². The highest BCUT2D eigenvalue weighted by atomic mass is 15.3. The van der Waals surface area contributed by atoms with Crippen LogP contribution in [0, 0.1) is 0 Å². The second kappa shape index (κ2) is 8.67. The van der Waals surface area contributed by atoms with E-state index in [0.717, 1.165) is 19.0 Å². The van der Waals surface area contributed by atoms with Crippen LogP contribution in [-0.2, 0) is 13.1 Å². The lowest BCUT2D eigenvalue weighted by Crippen LogP contribution is -2.37. The number of nitrogens with zero attached hydrogens (tertiary/aromatic N) is 3. The van der Waals surface area contributed by atoms with Crippen molar-refractivity contribution >= 4 is 5.96 Å². The molecule has 0 aliphatic rings. The predicted molar refractivity (Wildman–Crippen MR) is 90.8 cm³/mol. The van der Waals surface area contributed by atoms with Crippen LogP contribution in [0.1, 0.15) is 18.1 Å². The summed E-state index contributed by atoms with van der Waals surface area (Å²) in [6.07, 6.45) is 5.58. The van der Waals surface area contributed by atoms with Gasteiger partial charge in [0.25, 0.3) is 0 Å². The molecule has 1 aromatic carbocycles. The molecule has 0 spiro atoms. The number of rotatable bonds is 7. The predicted octanol–water partition coefficient (Wildman–Crippen LogP) is 2.17. The molecule has 0 amide bonds. The first-order chi connectivity index (χ1) is 10.8. The maximum Gasteiger partial charge on any atom is 0.191 e. The first-order valence-corrected chi connectivity index (χ1v) is 7.50. The Morgan fingerprint density at radius 2 is 2.09 bits per heavy atom. The number of aromatic nitrogens is 2. The van der Waals surface area contributed by atoms with Crippen LogP contribution in [0.4, 0.5) is 0 Å². The number of benzene rings is 1. The van der Waals surface area contributed by atoms with E-state index in [9.17, 15) is 0 Å². The van der Waals surface area contributed by atoms with Crippen molar-refractivity contribution in [3.05, 3.63) is 66.5 Å². The van der Waals surface area contributed by atoms with Crippen LogP contribution in [-0.4, -0.2) is 28.8 Å². The zero-order valence-electron chi connectivity index (χ0n) is 13.0. The molecule has 0 atom stereocenters. The Labute approximate surface area is 131 Å². The Morgan fingerprint density at radius 1 is 1.27 bits per heavy atom. The Kier molecular flexibility index (Phi) is 6.23. The molecule has 5 heteroatoms. The monoisotopic (exact) mass is 297 g/mol. The van der Waals surface area contributed by atoms with Gasteiger partial charge in [0.2, 0.25) is 0 Å². The molecule has 0 aliphatic heterocycles. The molecule has 5 nitrogen and oxygen atoms in total. The maximum absolute atomic E-state index is 4.63. The average molecular weight is 297 g/mol. The summed E-state index contributed by atoms with van der Waals surface area (Å²) in [7, 11) is 0. The summed E-state index contributed by atoms with van der Waals surface area (Å²) >= 11 is 0. The van der Waals surface area contributed by atoms with Gasteiger partial charge in [0.05, 0.1) is 13.1 Å². The molecule has 0 fully saturated rings. The van der Waals surface area contributed by atoms with Gasteiger partial charge in [-0.2, -0.15) is 5.10 Å². The molecule has 1 aromatic heterocycles. The topological polar surface area (TPSA) is 54.2 Å². The molecule has 116 valence electrons. The molecule has 2 aromatic rings. The second-order valence-corrected chi connectivity index (χ2v) is 4.84. The van der Waals surface area contributed by atoms with E-state index in [1.807, 2.05) is 35.2 Å². The quantitative estimate of drug-likeness (QED) is 0.468. The van der Waals surface area contributed by atoms with Gasteiger partial charge >= 0.3 is 0 Å². The largest absolute Gasteiger partial charge is 0.357 e. The number of aliphatic imine (C=N–C) groups is 1. The summed E-state index contributed by atoms with van der Waals surface area (Å²) in [4.78, 5) is 4.63. The highest BCUT2D eigenvalue weighted by Gasteiger charge is 2.03. The normalized spacial score (nSPS) is 11.2. The van der Waals surface area contributed by atoms with Gasteiger partial charge in [0, 0.05) is 25.5 Å².